The maximum absolute atomic E-state index is 12.1. The SMILES string of the molecule is CC1CCCN2CCCC(I)N2C1=O. The topological polar surface area (TPSA) is 23.6 Å². The summed E-state index contributed by atoms with van der Waals surface area (Å²) in [6.45, 7) is 4.19. The highest BCUT2D eigenvalue weighted by molar-refractivity contribution is 14.1. The van der Waals surface area contributed by atoms with Gasteiger partial charge in [0.25, 0.3) is 0 Å². The number of amides is 1. The zero-order valence-corrected chi connectivity index (χ0v) is 10.7. The van der Waals surface area contributed by atoms with Crippen LogP contribution in [0.1, 0.15) is 32.6 Å². The highest BCUT2D eigenvalue weighted by Gasteiger charge is 2.35. The summed E-state index contributed by atoms with van der Waals surface area (Å²) in [5, 5.41) is 4.27. The van der Waals surface area contributed by atoms with Crippen LogP contribution in [0.2, 0.25) is 0 Å². The van der Waals surface area contributed by atoms with Crippen LogP contribution < -0.4 is 0 Å². The first kappa shape index (κ1) is 10.7. The quantitative estimate of drug-likeness (QED) is 0.388. The van der Waals surface area contributed by atoms with Crippen molar-refractivity contribution in [2.45, 2.75) is 36.7 Å². The molecule has 4 heteroatoms. The van der Waals surface area contributed by atoms with Crippen LogP contribution in [0.25, 0.3) is 0 Å². The van der Waals surface area contributed by atoms with Crippen molar-refractivity contribution in [3.05, 3.63) is 0 Å². The van der Waals surface area contributed by atoms with E-state index in [1.165, 1.54) is 6.42 Å². The third-order valence-electron chi connectivity index (χ3n) is 3.13. The molecule has 0 N–H and O–H groups in total. The number of carbonyl (C=O) groups is 1. The molecule has 2 unspecified atom stereocenters. The zero-order valence-electron chi connectivity index (χ0n) is 8.58. The van der Waals surface area contributed by atoms with Crippen LogP contribution in [-0.4, -0.2) is 33.1 Å². The van der Waals surface area contributed by atoms with Gasteiger partial charge >= 0.3 is 0 Å². The highest BCUT2D eigenvalue weighted by Crippen LogP contribution is 2.28. The van der Waals surface area contributed by atoms with Crippen LogP contribution in [-0.2, 0) is 4.79 Å². The molecule has 0 aromatic heterocycles. The fourth-order valence-corrected chi connectivity index (χ4v) is 3.34. The number of hydrogen-bond acceptors (Lipinski definition) is 2. The summed E-state index contributed by atoms with van der Waals surface area (Å²) in [7, 11) is 0. The van der Waals surface area contributed by atoms with Gasteiger partial charge in [0.2, 0.25) is 5.91 Å². The van der Waals surface area contributed by atoms with Crippen LogP contribution in [0.15, 0.2) is 0 Å². The van der Waals surface area contributed by atoms with E-state index < -0.39 is 0 Å². The Morgan fingerprint density at radius 3 is 2.64 bits per heavy atom. The predicted octanol–water partition coefficient (Wildman–Crippen LogP) is 2.02. The molecule has 2 atom stereocenters. The van der Waals surface area contributed by atoms with Crippen LogP contribution in [0.3, 0.4) is 0 Å². The minimum absolute atomic E-state index is 0.218. The molecule has 14 heavy (non-hydrogen) atoms. The molecule has 0 saturated carbocycles. The number of nitrogens with zero attached hydrogens (tertiary/aromatic N) is 2. The molecular weight excluding hydrogens is 291 g/mol. The Kier molecular flexibility index (Phi) is 3.31. The second-order valence-corrected chi connectivity index (χ2v) is 5.69. The summed E-state index contributed by atoms with van der Waals surface area (Å²) in [5.74, 6) is 0.553. The molecule has 2 aliphatic rings. The summed E-state index contributed by atoms with van der Waals surface area (Å²) in [6.07, 6.45) is 4.59. The van der Waals surface area contributed by atoms with Gasteiger partial charge in [-0.2, -0.15) is 0 Å². The fraction of sp³-hybridized carbons (Fsp3) is 0.900. The molecule has 2 fully saturated rings. The van der Waals surface area contributed by atoms with Gasteiger partial charge in [-0.15, -0.1) is 0 Å². The van der Waals surface area contributed by atoms with Crippen LogP contribution in [0, 0.1) is 5.92 Å². The van der Waals surface area contributed by atoms with Gasteiger partial charge in [0, 0.05) is 19.0 Å². The van der Waals surface area contributed by atoms with Crippen molar-refractivity contribution in [2.75, 3.05) is 13.1 Å². The van der Waals surface area contributed by atoms with E-state index in [4.69, 9.17) is 0 Å². The third-order valence-corrected chi connectivity index (χ3v) is 4.28. The molecule has 3 nitrogen and oxygen atoms in total. The van der Waals surface area contributed by atoms with Crippen LogP contribution in [0.4, 0.5) is 0 Å². The van der Waals surface area contributed by atoms with Crippen molar-refractivity contribution in [1.29, 1.82) is 0 Å². The average Bonchev–Trinajstić information content (AvgIpc) is 2.29. The molecule has 2 aliphatic heterocycles. The lowest BCUT2D eigenvalue weighted by molar-refractivity contribution is -0.155. The third kappa shape index (κ3) is 1.91. The van der Waals surface area contributed by atoms with E-state index in [-0.39, 0.29) is 5.92 Å². The number of alkyl halides is 1. The van der Waals surface area contributed by atoms with E-state index >= 15 is 0 Å². The number of fused-ring (bicyclic) bond motifs is 1. The molecule has 0 radical (unpaired) electrons. The molecular formula is C10H17IN2O. The second-order valence-electron chi connectivity index (χ2n) is 4.26. The first-order valence-corrected chi connectivity index (χ1v) is 6.66. The first-order valence-electron chi connectivity index (χ1n) is 5.42. The Morgan fingerprint density at radius 2 is 1.93 bits per heavy atom. The molecule has 0 spiro atoms. The zero-order chi connectivity index (χ0) is 10.1. The molecule has 0 aliphatic carbocycles. The van der Waals surface area contributed by atoms with Crippen molar-refractivity contribution < 1.29 is 4.79 Å². The molecule has 2 saturated heterocycles. The summed E-state index contributed by atoms with van der Waals surface area (Å²) in [5.41, 5.74) is 0. The van der Waals surface area contributed by atoms with Crippen molar-refractivity contribution in [3.8, 4) is 0 Å². The summed E-state index contributed by atoms with van der Waals surface area (Å²) < 4.78 is 0.384. The fourth-order valence-electron chi connectivity index (χ4n) is 2.28. The maximum atomic E-state index is 12.1. The van der Waals surface area contributed by atoms with E-state index in [0.29, 0.717) is 9.96 Å². The number of carbonyl (C=O) groups excluding carboxylic acids is 1. The number of halogens is 1. The minimum atomic E-state index is 0.218. The molecule has 0 aromatic rings. The monoisotopic (exact) mass is 308 g/mol. The molecule has 0 aromatic carbocycles. The van der Waals surface area contributed by atoms with E-state index in [9.17, 15) is 4.79 Å². The Balaban J connectivity index is 2.18. The second kappa shape index (κ2) is 4.35. The first-order chi connectivity index (χ1) is 6.70. The number of hydrogen-bond donors (Lipinski definition) is 0. The standard InChI is InChI=1S/C10H17IN2O/c1-8-4-2-6-12-7-3-5-9(11)13(12)10(8)14/h8-9H,2-7H2,1H3. The lowest BCUT2D eigenvalue weighted by Gasteiger charge is -2.41. The van der Waals surface area contributed by atoms with Gasteiger partial charge in [-0.25, -0.2) is 5.01 Å². The molecule has 0 bridgehead atoms. The smallest absolute Gasteiger partial charge is 0.240 e. The van der Waals surface area contributed by atoms with Crippen molar-refractivity contribution in [3.63, 3.8) is 0 Å². The van der Waals surface area contributed by atoms with Gasteiger partial charge in [-0.1, -0.05) is 29.5 Å². The van der Waals surface area contributed by atoms with Crippen LogP contribution in [0.5, 0.6) is 0 Å². The lowest BCUT2D eigenvalue weighted by atomic mass is 10.1. The van der Waals surface area contributed by atoms with Crippen molar-refractivity contribution in [1.82, 2.24) is 10.0 Å². The van der Waals surface area contributed by atoms with Crippen molar-refractivity contribution in [2.24, 2.45) is 5.92 Å². The normalized spacial score (nSPS) is 35.3. The molecule has 2 rings (SSSR count). The van der Waals surface area contributed by atoms with Gasteiger partial charge in [0.05, 0.1) is 4.05 Å². The number of rotatable bonds is 0. The molecule has 1 amide bonds. The Bertz CT molecular complexity index is 234. The van der Waals surface area contributed by atoms with E-state index in [1.54, 1.807) is 0 Å². The molecule has 2 heterocycles. The Labute approximate surface area is 98.9 Å². The van der Waals surface area contributed by atoms with E-state index in [1.807, 2.05) is 5.01 Å². The van der Waals surface area contributed by atoms with E-state index in [0.717, 1.165) is 32.4 Å². The average molecular weight is 308 g/mol. The summed E-state index contributed by atoms with van der Waals surface area (Å²) in [6, 6.07) is 0. The number of hydrazine groups is 1. The Morgan fingerprint density at radius 1 is 1.29 bits per heavy atom. The lowest BCUT2D eigenvalue weighted by Crippen LogP contribution is -2.53. The van der Waals surface area contributed by atoms with Gasteiger partial charge < -0.3 is 0 Å². The van der Waals surface area contributed by atoms with Gasteiger partial charge in [0.1, 0.15) is 0 Å². The summed E-state index contributed by atoms with van der Waals surface area (Å²) >= 11 is 2.40. The van der Waals surface area contributed by atoms with E-state index in [2.05, 4.69) is 34.5 Å². The summed E-state index contributed by atoms with van der Waals surface area (Å²) in [4.78, 5) is 12.1. The van der Waals surface area contributed by atoms with Crippen molar-refractivity contribution >= 4 is 28.5 Å². The highest BCUT2D eigenvalue weighted by atomic mass is 127. The Hall–Kier alpha value is 0.160. The van der Waals surface area contributed by atoms with Crippen LogP contribution >= 0.6 is 22.6 Å². The largest absolute Gasteiger partial charge is 0.273 e. The van der Waals surface area contributed by atoms with Gasteiger partial charge in [-0.05, 0) is 25.7 Å². The maximum Gasteiger partial charge on any atom is 0.240 e. The van der Waals surface area contributed by atoms with Gasteiger partial charge in [-0.3, -0.25) is 9.80 Å². The van der Waals surface area contributed by atoms with Gasteiger partial charge in [0.15, 0.2) is 0 Å². The molecule has 80 valence electrons. The minimum Gasteiger partial charge on any atom is -0.273 e. The predicted molar refractivity (Wildman–Crippen MR) is 63.9 cm³/mol.